The average Bonchev–Trinajstić information content (AvgIpc) is 3.24. The van der Waals surface area contributed by atoms with E-state index in [1.165, 1.54) is 31.1 Å². The predicted molar refractivity (Wildman–Crippen MR) is 137 cm³/mol. The van der Waals surface area contributed by atoms with E-state index >= 15 is 0 Å². The Morgan fingerprint density at radius 1 is 1.15 bits per heavy atom. The number of anilines is 1. The van der Waals surface area contributed by atoms with Gasteiger partial charge in [0, 0.05) is 24.4 Å². The Hall–Kier alpha value is -3.29. The Bertz CT molecular complexity index is 1220. The number of ether oxygens (including phenoxy) is 3. The number of aromatic nitrogens is 1. The molecular weight excluding hydrogens is 535 g/mol. The SMILES string of the molecule is COc1ccc([C@@H]2CN(C(=O)C(O)CO)C[C@@]2(C)C(C)O)cc1OC1CN(c2ccc(OC(F)(F)F)c(C)n2)C1. The quantitative estimate of drug-likeness (QED) is 0.417. The third-order valence-corrected chi connectivity index (χ3v) is 7.76. The zero-order valence-electron chi connectivity index (χ0n) is 22.7. The first-order chi connectivity index (χ1) is 18.8. The maximum absolute atomic E-state index is 12.6. The van der Waals surface area contributed by atoms with Gasteiger partial charge in [-0.25, -0.2) is 4.98 Å². The number of alkyl halides is 3. The summed E-state index contributed by atoms with van der Waals surface area (Å²) in [6.07, 6.45) is -7.35. The van der Waals surface area contributed by atoms with Crippen LogP contribution in [0.5, 0.6) is 17.2 Å². The van der Waals surface area contributed by atoms with Gasteiger partial charge >= 0.3 is 6.36 Å². The standard InChI is InChI=1S/C27H34F3N3O7/c1-15-21(40-27(28,29)30)7-8-24(31-15)32-10-18(11-32)39-23-9-17(5-6-22(23)38-4)19-12-33(25(37)20(36)13-34)14-26(19,3)16(2)35/h5-9,16,18-20,34-36H,10-14H2,1-4H3/t16?,19-,20?,26-/m0/s1. The van der Waals surface area contributed by atoms with Gasteiger partial charge in [0.2, 0.25) is 0 Å². The number of amides is 1. The van der Waals surface area contributed by atoms with Crippen LogP contribution in [0.25, 0.3) is 0 Å². The van der Waals surface area contributed by atoms with Crippen LogP contribution in [0.15, 0.2) is 30.3 Å². The number of nitrogens with zero attached hydrogens (tertiary/aromatic N) is 3. The fourth-order valence-corrected chi connectivity index (χ4v) is 5.21. The highest BCUT2D eigenvalue weighted by Gasteiger charge is 2.49. The highest BCUT2D eigenvalue weighted by Crippen LogP contribution is 2.47. The zero-order chi connectivity index (χ0) is 29.4. The summed E-state index contributed by atoms with van der Waals surface area (Å²) in [7, 11) is 1.51. The molecule has 2 aliphatic heterocycles. The molecule has 0 radical (unpaired) electrons. The molecule has 10 nitrogen and oxygen atoms in total. The van der Waals surface area contributed by atoms with Gasteiger partial charge in [-0.05, 0) is 43.7 Å². The summed E-state index contributed by atoms with van der Waals surface area (Å²) >= 11 is 0. The number of carbonyl (C=O) groups excluding carboxylic acids is 1. The molecular formula is C27H34F3N3O7. The summed E-state index contributed by atoms with van der Waals surface area (Å²) in [6, 6.07) is 8.11. The number of aryl methyl sites for hydroxylation is 1. The third-order valence-electron chi connectivity index (χ3n) is 7.76. The van der Waals surface area contributed by atoms with Gasteiger partial charge in [0.25, 0.3) is 5.91 Å². The lowest BCUT2D eigenvalue weighted by Crippen LogP contribution is -2.54. The number of likely N-dealkylation sites (tertiary alicyclic amines) is 1. The van der Waals surface area contributed by atoms with E-state index in [2.05, 4.69) is 9.72 Å². The number of hydrogen-bond donors (Lipinski definition) is 3. The zero-order valence-corrected chi connectivity index (χ0v) is 22.7. The van der Waals surface area contributed by atoms with Crippen LogP contribution in [0.1, 0.15) is 31.0 Å². The fraction of sp³-hybridized carbons (Fsp3) is 0.556. The van der Waals surface area contributed by atoms with Crippen LogP contribution in [0.3, 0.4) is 0 Å². The van der Waals surface area contributed by atoms with Gasteiger partial charge in [-0.2, -0.15) is 0 Å². The molecule has 4 atom stereocenters. The molecule has 0 saturated carbocycles. The van der Waals surface area contributed by atoms with Crippen LogP contribution in [0.2, 0.25) is 0 Å². The Morgan fingerprint density at radius 2 is 1.82 bits per heavy atom. The molecule has 0 spiro atoms. The van der Waals surface area contributed by atoms with Crippen molar-refractivity contribution in [2.75, 3.05) is 44.8 Å². The molecule has 1 aromatic carbocycles. The molecule has 2 saturated heterocycles. The van der Waals surface area contributed by atoms with Crippen molar-refractivity contribution in [1.82, 2.24) is 9.88 Å². The number of hydrogen-bond acceptors (Lipinski definition) is 9. The number of methoxy groups -OCH3 is 1. The molecule has 2 aliphatic rings. The van der Waals surface area contributed by atoms with Gasteiger partial charge in [0.15, 0.2) is 23.4 Å². The topological polar surface area (TPSA) is 125 Å². The molecule has 40 heavy (non-hydrogen) atoms. The van der Waals surface area contributed by atoms with E-state index in [4.69, 9.17) is 9.47 Å². The molecule has 2 aromatic rings. The van der Waals surface area contributed by atoms with Crippen molar-refractivity contribution in [3.8, 4) is 17.2 Å². The van der Waals surface area contributed by atoms with Gasteiger partial charge in [-0.1, -0.05) is 13.0 Å². The Balaban J connectivity index is 1.48. The fourth-order valence-electron chi connectivity index (χ4n) is 5.21. The lowest BCUT2D eigenvalue weighted by molar-refractivity contribution is -0.275. The van der Waals surface area contributed by atoms with Crippen LogP contribution in [0.4, 0.5) is 19.0 Å². The monoisotopic (exact) mass is 569 g/mol. The number of benzene rings is 1. The summed E-state index contributed by atoms with van der Waals surface area (Å²) in [5.74, 6) is 0.215. The molecule has 0 aliphatic carbocycles. The van der Waals surface area contributed by atoms with Crippen molar-refractivity contribution in [1.29, 1.82) is 0 Å². The minimum Gasteiger partial charge on any atom is -0.493 e. The summed E-state index contributed by atoms with van der Waals surface area (Å²) in [5.41, 5.74) is 0.196. The Labute approximate surface area is 229 Å². The van der Waals surface area contributed by atoms with E-state index in [9.17, 15) is 33.3 Å². The van der Waals surface area contributed by atoms with Crippen LogP contribution in [-0.4, -0.2) is 95.7 Å². The molecule has 1 aromatic heterocycles. The van der Waals surface area contributed by atoms with Crippen LogP contribution in [0, 0.1) is 12.3 Å². The lowest BCUT2D eigenvalue weighted by Gasteiger charge is -2.40. The van der Waals surface area contributed by atoms with E-state index < -0.39 is 36.5 Å². The smallest absolute Gasteiger partial charge is 0.493 e. The first kappa shape index (κ1) is 29.7. The first-order valence-corrected chi connectivity index (χ1v) is 12.8. The lowest BCUT2D eigenvalue weighted by atomic mass is 9.72. The summed E-state index contributed by atoms with van der Waals surface area (Å²) in [6.45, 7) is 5.59. The van der Waals surface area contributed by atoms with Crippen molar-refractivity contribution in [3.63, 3.8) is 0 Å². The van der Waals surface area contributed by atoms with E-state index in [0.29, 0.717) is 30.4 Å². The minimum atomic E-state index is -4.79. The first-order valence-electron chi connectivity index (χ1n) is 12.8. The van der Waals surface area contributed by atoms with Crippen molar-refractivity contribution in [2.45, 2.75) is 51.4 Å². The highest BCUT2D eigenvalue weighted by molar-refractivity contribution is 5.81. The van der Waals surface area contributed by atoms with Crippen LogP contribution in [-0.2, 0) is 4.79 Å². The second kappa shape index (κ2) is 11.3. The van der Waals surface area contributed by atoms with Crippen molar-refractivity contribution in [3.05, 3.63) is 41.6 Å². The van der Waals surface area contributed by atoms with E-state index in [0.717, 1.165) is 5.56 Å². The predicted octanol–water partition coefficient (Wildman–Crippen LogP) is 2.23. The van der Waals surface area contributed by atoms with Gasteiger partial charge in [0.1, 0.15) is 11.9 Å². The summed E-state index contributed by atoms with van der Waals surface area (Å²) in [5, 5.41) is 29.7. The van der Waals surface area contributed by atoms with Crippen molar-refractivity contribution >= 4 is 11.7 Å². The number of aliphatic hydroxyl groups excluding tert-OH is 3. The largest absolute Gasteiger partial charge is 0.573 e. The molecule has 0 bridgehead atoms. The summed E-state index contributed by atoms with van der Waals surface area (Å²) < 4.78 is 53.3. The molecule has 1 amide bonds. The number of aliphatic hydroxyl groups is 3. The second-order valence-electron chi connectivity index (χ2n) is 10.5. The van der Waals surface area contributed by atoms with Crippen molar-refractivity contribution < 1.29 is 47.5 Å². The van der Waals surface area contributed by atoms with E-state index in [1.54, 1.807) is 13.0 Å². The van der Waals surface area contributed by atoms with Crippen LogP contribution >= 0.6 is 0 Å². The molecule has 2 unspecified atom stereocenters. The number of rotatable bonds is 9. The third kappa shape index (κ3) is 6.06. The van der Waals surface area contributed by atoms with E-state index in [-0.39, 0.29) is 36.6 Å². The molecule has 2 fully saturated rings. The highest BCUT2D eigenvalue weighted by atomic mass is 19.4. The van der Waals surface area contributed by atoms with Gasteiger partial charge in [0.05, 0.1) is 38.6 Å². The Morgan fingerprint density at radius 3 is 2.40 bits per heavy atom. The Kier molecular flexibility index (Phi) is 8.38. The molecule has 13 heteroatoms. The second-order valence-corrected chi connectivity index (χ2v) is 10.5. The molecule has 4 rings (SSSR count). The van der Waals surface area contributed by atoms with Gasteiger partial charge in [-0.15, -0.1) is 13.2 Å². The van der Waals surface area contributed by atoms with E-state index in [1.807, 2.05) is 24.0 Å². The molecule has 3 N–H and O–H groups in total. The maximum Gasteiger partial charge on any atom is 0.573 e. The van der Waals surface area contributed by atoms with Gasteiger partial charge < -0.3 is 39.3 Å². The molecule has 220 valence electrons. The van der Waals surface area contributed by atoms with Crippen molar-refractivity contribution in [2.24, 2.45) is 5.41 Å². The molecule has 3 heterocycles. The van der Waals surface area contributed by atoms with Gasteiger partial charge in [-0.3, -0.25) is 4.79 Å². The van der Waals surface area contributed by atoms with Crippen LogP contribution < -0.4 is 19.1 Å². The summed E-state index contributed by atoms with van der Waals surface area (Å²) in [4.78, 5) is 20.1. The number of carbonyl (C=O) groups is 1. The average molecular weight is 570 g/mol. The normalized spacial score (nSPS) is 23.0. The minimum absolute atomic E-state index is 0.116. The maximum atomic E-state index is 12.6. The number of pyridine rings is 1. The number of halogens is 3.